The Morgan fingerprint density at radius 3 is 2.73 bits per heavy atom. The van der Waals surface area contributed by atoms with Crippen LogP contribution in [0.15, 0.2) is 12.2 Å². The van der Waals surface area contributed by atoms with Crippen molar-refractivity contribution < 1.29 is 9.84 Å². The zero-order valence-corrected chi connectivity index (χ0v) is 7.00. The van der Waals surface area contributed by atoms with E-state index in [1.54, 1.807) is 0 Å². The predicted octanol–water partition coefficient (Wildman–Crippen LogP) is 1.24. The number of epoxide rings is 1. The highest BCUT2D eigenvalue weighted by molar-refractivity contribution is 5.25. The maximum atomic E-state index is 10.0. The fraction of sp³-hybridized carbons (Fsp3) is 0.778. The third-order valence-electron chi connectivity index (χ3n) is 3.03. The molecule has 2 heteroatoms. The Kier molecular flexibility index (Phi) is 1.25. The van der Waals surface area contributed by atoms with Gasteiger partial charge in [0.2, 0.25) is 0 Å². The third kappa shape index (κ3) is 0.741. The van der Waals surface area contributed by atoms with E-state index in [-0.39, 0.29) is 5.60 Å². The van der Waals surface area contributed by atoms with Crippen molar-refractivity contribution in [1.82, 2.24) is 0 Å². The van der Waals surface area contributed by atoms with Crippen molar-refractivity contribution >= 4 is 0 Å². The Balaban J connectivity index is 2.25. The minimum absolute atomic E-state index is 0.264. The van der Waals surface area contributed by atoms with Gasteiger partial charge in [-0.25, -0.2) is 0 Å². The average molecular weight is 154 g/mol. The van der Waals surface area contributed by atoms with E-state index in [2.05, 4.69) is 0 Å². The summed E-state index contributed by atoms with van der Waals surface area (Å²) >= 11 is 0. The molecule has 11 heavy (non-hydrogen) atoms. The van der Waals surface area contributed by atoms with Crippen molar-refractivity contribution in [2.24, 2.45) is 0 Å². The molecular weight excluding hydrogens is 140 g/mol. The van der Waals surface area contributed by atoms with Gasteiger partial charge in [-0.2, -0.15) is 0 Å². The van der Waals surface area contributed by atoms with Gasteiger partial charge in [-0.3, -0.25) is 0 Å². The summed E-state index contributed by atoms with van der Waals surface area (Å²) in [5.41, 5.74) is -0.952. The van der Waals surface area contributed by atoms with Crippen LogP contribution in [0.1, 0.15) is 26.7 Å². The van der Waals surface area contributed by atoms with E-state index in [4.69, 9.17) is 4.74 Å². The summed E-state index contributed by atoms with van der Waals surface area (Å²) in [5, 5.41) is 10.0. The molecule has 0 spiro atoms. The second-order valence-corrected chi connectivity index (χ2v) is 3.68. The van der Waals surface area contributed by atoms with E-state index < -0.39 is 5.60 Å². The number of aliphatic hydroxyl groups is 1. The van der Waals surface area contributed by atoms with E-state index in [9.17, 15) is 5.11 Å². The molecule has 1 aliphatic carbocycles. The molecule has 2 nitrogen and oxygen atoms in total. The number of hydrogen-bond acceptors (Lipinski definition) is 2. The van der Waals surface area contributed by atoms with Crippen LogP contribution in [0.3, 0.4) is 0 Å². The lowest BCUT2D eigenvalue weighted by Crippen LogP contribution is -2.38. The summed E-state index contributed by atoms with van der Waals surface area (Å²) < 4.78 is 5.41. The number of allylic oxidation sites excluding steroid dienone is 1. The molecule has 1 heterocycles. The van der Waals surface area contributed by atoms with Crippen molar-refractivity contribution in [1.29, 1.82) is 0 Å². The van der Waals surface area contributed by atoms with Crippen molar-refractivity contribution in [2.45, 2.75) is 44.0 Å². The molecule has 1 N–H and O–H groups in total. The monoisotopic (exact) mass is 154 g/mol. The highest BCUT2D eigenvalue weighted by atomic mass is 16.6. The summed E-state index contributed by atoms with van der Waals surface area (Å²) in [7, 11) is 0. The van der Waals surface area contributed by atoms with Gasteiger partial charge in [-0.15, -0.1) is 0 Å². The normalized spacial score (nSPS) is 55.0. The molecule has 2 fully saturated rings. The van der Waals surface area contributed by atoms with Crippen LogP contribution in [0.4, 0.5) is 0 Å². The Morgan fingerprint density at radius 1 is 1.64 bits per heavy atom. The fourth-order valence-corrected chi connectivity index (χ4v) is 2.10. The van der Waals surface area contributed by atoms with Crippen LogP contribution in [0, 0.1) is 0 Å². The number of ether oxygens (including phenoxy) is 1. The number of hydrogen-bond donors (Lipinski definition) is 1. The summed E-state index contributed by atoms with van der Waals surface area (Å²) in [6.07, 6.45) is 5.91. The van der Waals surface area contributed by atoms with Gasteiger partial charge < -0.3 is 9.84 Å². The van der Waals surface area contributed by atoms with Crippen LogP contribution in [0.5, 0.6) is 0 Å². The van der Waals surface area contributed by atoms with Crippen LogP contribution in [-0.4, -0.2) is 22.4 Å². The Hall–Kier alpha value is -0.340. The molecule has 1 saturated carbocycles. The van der Waals surface area contributed by atoms with Crippen LogP contribution < -0.4 is 0 Å². The molecule has 0 bridgehead atoms. The quantitative estimate of drug-likeness (QED) is 0.455. The minimum Gasteiger partial charge on any atom is -0.383 e. The van der Waals surface area contributed by atoms with E-state index in [0.29, 0.717) is 6.10 Å². The fourth-order valence-electron chi connectivity index (χ4n) is 2.10. The van der Waals surface area contributed by atoms with Gasteiger partial charge in [0.15, 0.2) is 0 Å². The molecule has 1 saturated heterocycles. The molecule has 0 aromatic carbocycles. The van der Waals surface area contributed by atoms with Crippen molar-refractivity contribution in [3.63, 3.8) is 0 Å². The first-order valence-electron chi connectivity index (χ1n) is 4.16. The van der Waals surface area contributed by atoms with Crippen molar-refractivity contribution in [3.05, 3.63) is 12.2 Å². The van der Waals surface area contributed by atoms with E-state index in [1.165, 1.54) is 0 Å². The van der Waals surface area contributed by atoms with Gasteiger partial charge in [0, 0.05) is 0 Å². The molecule has 0 aromatic rings. The van der Waals surface area contributed by atoms with Gasteiger partial charge in [0.25, 0.3) is 0 Å². The average Bonchev–Trinajstić information content (AvgIpc) is 2.54. The standard InChI is InChI=1S/C9H14O2/c1-3-5-9(10)6-4-7-8(9,2)11-7/h3,5,7,10H,4,6H2,1-2H3/b5-3+/t7-,8-,9+/m1/s1. The van der Waals surface area contributed by atoms with Gasteiger partial charge >= 0.3 is 0 Å². The van der Waals surface area contributed by atoms with Crippen LogP contribution in [0.25, 0.3) is 0 Å². The maximum absolute atomic E-state index is 10.0. The smallest absolute Gasteiger partial charge is 0.124 e. The largest absolute Gasteiger partial charge is 0.383 e. The summed E-state index contributed by atoms with van der Waals surface area (Å²) in [6.45, 7) is 3.92. The Bertz CT molecular complexity index is 210. The molecule has 2 aliphatic rings. The zero-order chi connectivity index (χ0) is 8.11. The first-order valence-corrected chi connectivity index (χ1v) is 4.16. The minimum atomic E-state index is -0.688. The Labute approximate surface area is 66.9 Å². The van der Waals surface area contributed by atoms with Gasteiger partial charge in [-0.05, 0) is 26.7 Å². The second-order valence-electron chi connectivity index (χ2n) is 3.68. The lowest BCUT2D eigenvalue weighted by Gasteiger charge is -2.24. The molecule has 0 radical (unpaired) electrons. The van der Waals surface area contributed by atoms with Crippen LogP contribution in [-0.2, 0) is 4.74 Å². The number of rotatable bonds is 1. The summed E-state index contributed by atoms with van der Waals surface area (Å²) in [4.78, 5) is 0. The molecule has 0 aromatic heterocycles. The lowest BCUT2D eigenvalue weighted by atomic mass is 9.91. The Morgan fingerprint density at radius 2 is 2.36 bits per heavy atom. The topological polar surface area (TPSA) is 32.8 Å². The van der Waals surface area contributed by atoms with Crippen LogP contribution >= 0.6 is 0 Å². The maximum Gasteiger partial charge on any atom is 0.124 e. The summed E-state index contributed by atoms with van der Waals surface area (Å²) in [5.74, 6) is 0. The molecule has 62 valence electrons. The molecule has 2 rings (SSSR count). The van der Waals surface area contributed by atoms with E-state index in [1.807, 2.05) is 26.0 Å². The van der Waals surface area contributed by atoms with Gasteiger partial charge in [0.1, 0.15) is 11.2 Å². The summed E-state index contributed by atoms with van der Waals surface area (Å²) in [6, 6.07) is 0. The van der Waals surface area contributed by atoms with Crippen molar-refractivity contribution in [3.8, 4) is 0 Å². The predicted molar refractivity (Wildman–Crippen MR) is 42.3 cm³/mol. The second kappa shape index (κ2) is 1.87. The highest BCUT2D eigenvalue weighted by Crippen LogP contribution is 2.56. The first kappa shape index (κ1) is 7.32. The van der Waals surface area contributed by atoms with Crippen LogP contribution in [0.2, 0.25) is 0 Å². The van der Waals surface area contributed by atoms with Gasteiger partial charge in [0.05, 0.1) is 6.10 Å². The van der Waals surface area contributed by atoms with E-state index >= 15 is 0 Å². The van der Waals surface area contributed by atoms with E-state index in [0.717, 1.165) is 12.8 Å². The van der Waals surface area contributed by atoms with Crippen molar-refractivity contribution in [2.75, 3.05) is 0 Å². The zero-order valence-electron chi connectivity index (χ0n) is 7.00. The third-order valence-corrected chi connectivity index (χ3v) is 3.03. The molecule has 0 amide bonds. The first-order chi connectivity index (χ1) is 5.12. The SMILES string of the molecule is C/C=C/[C@]1(O)CC[C@H]2O[C@]21C. The highest BCUT2D eigenvalue weighted by Gasteiger charge is 2.68. The van der Waals surface area contributed by atoms with Gasteiger partial charge in [-0.1, -0.05) is 12.2 Å². The molecular formula is C9H14O2. The molecule has 3 atom stereocenters. The molecule has 0 unspecified atom stereocenters. The number of fused-ring (bicyclic) bond motifs is 1. The molecule has 1 aliphatic heterocycles. The lowest BCUT2D eigenvalue weighted by molar-refractivity contribution is 0.00595.